The van der Waals surface area contributed by atoms with Crippen LogP contribution in [0.2, 0.25) is 0 Å². The third kappa shape index (κ3) is 5.67. The summed E-state index contributed by atoms with van der Waals surface area (Å²) in [4.78, 5) is 38.3. The molecule has 3 rings (SSSR count). The zero-order chi connectivity index (χ0) is 19.8. The van der Waals surface area contributed by atoms with Gasteiger partial charge in [-0.2, -0.15) is 0 Å². The van der Waals surface area contributed by atoms with Crippen LogP contribution >= 0.6 is 0 Å². The maximum absolute atomic E-state index is 12.3. The predicted molar refractivity (Wildman–Crippen MR) is 107 cm³/mol. The largest absolute Gasteiger partial charge is 0.349 e. The molecule has 2 aromatic rings. The van der Waals surface area contributed by atoms with Crippen LogP contribution in [-0.2, 0) is 16.0 Å². The van der Waals surface area contributed by atoms with Crippen LogP contribution in [0.15, 0.2) is 60.7 Å². The van der Waals surface area contributed by atoms with Gasteiger partial charge in [-0.25, -0.2) is 0 Å². The van der Waals surface area contributed by atoms with Crippen molar-refractivity contribution in [3.05, 3.63) is 71.8 Å². The number of hydrogen-bond acceptors (Lipinski definition) is 3. The molecule has 1 saturated heterocycles. The van der Waals surface area contributed by atoms with E-state index < -0.39 is 0 Å². The summed E-state index contributed by atoms with van der Waals surface area (Å²) in [5.41, 5.74) is 1.56. The molecule has 0 aliphatic carbocycles. The number of hydrogen-bond donors (Lipinski definition) is 2. The van der Waals surface area contributed by atoms with Gasteiger partial charge in [0.1, 0.15) is 0 Å². The van der Waals surface area contributed by atoms with Crippen molar-refractivity contribution in [3.63, 3.8) is 0 Å². The van der Waals surface area contributed by atoms with Crippen LogP contribution in [0, 0.1) is 0 Å². The van der Waals surface area contributed by atoms with E-state index in [1.807, 2.05) is 48.5 Å². The van der Waals surface area contributed by atoms with Crippen LogP contribution in [0.25, 0.3) is 0 Å². The molecule has 0 aromatic heterocycles. The molecule has 1 aliphatic rings. The number of piperidine rings is 1. The summed E-state index contributed by atoms with van der Waals surface area (Å²) < 4.78 is 0. The third-order valence-electron chi connectivity index (χ3n) is 4.86. The van der Waals surface area contributed by atoms with E-state index >= 15 is 0 Å². The van der Waals surface area contributed by atoms with Crippen molar-refractivity contribution in [1.82, 2.24) is 15.5 Å². The summed E-state index contributed by atoms with van der Waals surface area (Å²) in [6.07, 6.45) is 1.69. The summed E-state index contributed by atoms with van der Waals surface area (Å²) in [5, 5.41) is 5.72. The smallest absolute Gasteiger partial charge is 0.251 e. The quantitative estimate of drug-likeness (QED) is 0.803. The summed E-state index contributed by atoms with van der Waals surface area (Å²) >= 11 is 0. The van der Waals surface area contributed by atoms with E-state index in [9.17, 15) is 14.4 Å². The Hall–Kier alpha value is -3.15. The Morgan fingerprint density at radius 1 is 0.893 bits per heavy atom. The van der Waals surface area contributed by atoms with Gasteiger partial charge in [0.15, 0.2) is 0 Å². The van der Waals surface area contributed by atoms with Gasteiger partial charge in [-0.1, -0.05) is 48.5 Å². The zero-order valence-electron chi connectivity index (χ0n) is 15.8. The lowest BCUT2D eigenvalue weighted by atomic mass is 10.0. The predicted octanol–water partition coefficient (Wildman–Crippen LogP) is 1.77. The molecule has 28 heavy (non-hydrogen) atoms. The number of amides is 3. The van der Waals surface area contributed by atoms with Crippen molar-refractivity contribution >= 4 is 17.7 Å². The minimum absolute atomic E-state index is 0.00665. The van der Waals surface area contributed by atoms with E-state index in [1.165, 1.54) is 0 Å². The first-order valence-electron chi connectivity index (χ1n) is 9.56. The number of nitrogens with zero attached hydrogens (tertiary/aromatic N) is 1. The number of rotatable bonds is 6. The van der Waals surface area contributed by atoms with Crippen LogP contribution in [0.4, 0.5) is 0 Å². The fraction of sp³-hybridized carbons (Fsp3) is 0.318. The lowest BCUT2D eigenvalue weighted by molar-refractivity contribution is -0.133. The second kappa shape index (κ2) is 9.69. The molecule has 2 N–H and O–H groups in total. The molecule has 6 heteroatoms. The van der Waals surface area contributed by atoms with Crippen molar-refractivity contribution in [2.24, 2.45) is 0 Å². The molecule has 1 aliphatic heterocycles. The molecule has 0 radical (unpaired) electrons. The number of carbonyl (C=O) groups is 3. The SMILES string of the molecule is O=C(Cc1ccccc1)NCC(=O)N1CCC(NC(=O)c2ccccc2)CC1. The van der Waals surface area contributed by atoms with E-state index in [1.54, 1.807) is 17.0 Å². The molecule has 0 spiro atoms. The maximum Gasteiger partial charge on any atom is 0.251 e. The van der Waals surface area contributed by atoms with Crippen LogP contribution in [0.1, 0.15) is 28.8 Å². The first kappa shape index (κ1) is 19.6. The van der Waals surface area contributed by atoms with Gasteiger partial charge in [0, 0.05) is 24.7 Å². The topological polar surface area (TPSA) is 78.5 Å². The summed E-state index contributed by atoms with van der Waals surface area (Å²) in [6.45, 7) is 1.16. The molecular formula is C22H25N3O3. The monoisotopic (exact) mass is 379 g/mol. The molecule has 0 atom stereocenters. The molecule has 0 unspecified atom stereocenters. The first-order valence-corrected chi connectivity index (χ1v) is 9.56. The van der Waals surface area contributed by atoms with Crippen LogP contribution < -0.4 is 10.6 Å². The second-order valence-corrected chi connectivity index (χ2v) is 6.93. The van der Waals surface area contributed by atoms with Crippen molar-refractivity contribution in [1.29, 1.82) is 0 Å². The Bertz CT molecular complexity index is 800. The molecule has 2 aromatic carbocycles. The van der Waals surface area contributed by atoms with Crippen molar-refractivity contribution in [3.8, 4) is 0 Å². The van der Waals surface area contributed by atoms with Gasteiger partial charge in [0.05, 0.1) is 13.0 Å². The van der Waals surface area contributed by atoms with Crippen LogP contribution in [-0.4, -0.2) is 48.3 Å². The molecule has 0 bridgehead atoms. The van der Waals surface area contributed by atoms with Gasteiger partial charge in [0.2, 0.25) is 11.8 Å². The lowest BCUT2D eigenvalue weighted by Gasteiger charge is -2.32. The highest BCUT2D eigenvalue weighted by Crippen LogP contribution is 2.11. The Labute approximate surface area is 164 Å². The fourth-order valence-electron chi connectivity index (χ4n) is 3.26. The Morgan fingerprint density at radius 3 is 2.14 bits per heavy atom. The van der Waals surface area contributed by atoms with E-state index in [0.717, 1.165) is 5.56 Å². The van der Waals surface area contributed by atoms with Gasteiger partial charge < -0.3 is 15.5 Å². The number of benzene rings is 2. The minimum Gasteiger partial charge on any atom is -0.349 e. The lowest BCUT2D eigenvalue weighted by Crippen LogP contribution is -2.49. The summed E-state index contributed by atoms with van der Waals surface area (Å²) in [7, 11) is 0. The Morgan fingerprint density at radius 2 is 1.50 bits per heavy atom. The highest BCUT2D eigenvalue weighted by Gasteiger charge is 2.24. The van der Waals surface area contributed by atoms with Crippen LogP contribution in [0.5, 0.6) is 0 Å². The average molecular weight is 379 g/mol. The summed E-state index contributed by atoms with van der Waals surface area (Å²) in [5.74, 6) is -0.336. The third-order valence-corrected chi connectivity index (χ3v) is 4.86. The maximum atomic E-state index is 12.3. The standard InChI is InChI=1S/C22H25N3O3/c26-20(15-17-7-3-1-4-8-17)23-16-21(27)25-13-11-19(12-14-25)24-22(28)18-9-5-2-6-10-18/h1-10,19H,11-16H2,(H,23,26)(H,24,28). The van der Waals surface area contributed by atoms with Crippen LogP contribution in [0.3, 0.4) is 0 Å². The number of carbonyl (C=O) groups excluding carboxylic acids is 3. The van der Waals surface area contributed by atoms with Gasteiger partial charge in [-0.3, -0.25) is 14.4 Å². The molecule has 6 nitrogen and oxygen atoms in total. The molecule has 1 fully saturated rings. The molecular weight excluding hydrogens is 354 g/mol. The minimum atomic E-state index is -0.162. The number of likely N-dealkylation sites (tertiary alicyclic amines) is 1. The molecule has 1 heterocycles. The molecule has 0 saturated carbocycles. The molecule has 3 amide bonds. The van der Waals surface area contributed by atoms with Gasteiger partial charge in [0.25, 0.3) is 5.91 Å². The van der Waals surface area contributed by atoms with E-state index in [-0.39, 0.29) is 36.7 Å². The van der Waals surface area contributed by atoms with Gasteiger partial charge in [-0.05, 0) is 30.5 Å². The van der Waals surface area contributed by atoms with Crippen molar-refractivity contribution in [2.75, 3.05) is 19.6 Å². The average Bonchev–Trinajstić information content (AvgIpc) is 2.74. The highest BCUT2D eigenvalue weighted by molar-refractivity contribution is 5.94. The second-order valence-electron chi connectivity index (χ2n) is 6.93. The van der Waals surface area contributed by atoms with Crippen molar-refractivity contribution < 1.29 is 14.4 Å². The normalized spacial score (nSPS) is 14.4. The highest BCUT2D eigenvalue weighted by atomic mass is 16.2. The first-order chi connectivity index (χ1) is 13.6. The van der Waals surface area contributed by atoms with Crippen molar-refractivity contribution in [2.45, 2.75) is 25.3 Å². The Balaban J connectivity index is 1.38. The fourth-order valence-corrected chi connectivity index (χ4v) is 3.26. The van der Waals surface area contributed by atoms with Gasteiger partial charge >= 0.3 is 0 Å². The zero-order valence-corrected chi connectivity index (χ0v) is 15.8. The Kier molecular flexibility index (Phi) is 6.78. The summed E-state index contributed by atoms with van der Waals surface area (Å²) in [6, 6.07) is 18.6. The molecule has 146 valence electrons. The number of nitrogens with one attached hydrogen (secondary N) is 2. The van der Waals surface area contributed by atoms with E-state index in [2.05, 4.69) is 10.6 Å². The van der Waals surface area contributed by atoms with E-state index in [4.69, 9.17) is 0 Å². The van der Waals surface area contributed by atoms with Gasteiger partial charge in [-0.15, -0.1) is 0 Å². The van der Waals surface area contributed by atoms with E-state index in [0.29, 0.717) is 31.5 Å².